The first-order valence-corrected chi connectivity index (χ1v) is 6.87. The van der Waals surface area contributed by atoms with Gasteiger partial charge in [0.2, 0.25) is 0 Å². The maximum atomic E-state index is 12.0. The summed E-state index contributed by atoms with van der Waals surface area (Å²) >= 11 is 0. The average Bonchev–Trinajstić information content (AvgIpc) is 2.74. The first kappa shape index (κ1) is 17.9. The van der Waals surface area contributed by atoms with Gasteiger partial charge in [0.25, 0.3) is 5.82 Å². The SMILES string of the molecule is Cc1nc(C(=O)O)nn1CCN(CCO)C(=O)OC(C)(C)C. The van der Waals surface area contributed by atoms with E-state index >= 15 is 0 Å². The number of carboxylic acid groups (broad SMARTS) is 1. The second-order valence-electron chi connectivity index (χ2n) is 5.70. The van der Waals surface area contributed by atoms with Gasteiger partial charge in [-0.25, -0.2) is 19.3 Å². The van der Waals surface area contributed by atoms with Crippen LogP contribution in [0.4, 0.5) is 4.79 Å². The maximum Gasteiger partial charge on any atom is 0.410 e. The third-order valence-electron chi connectivity index (χ3n) is 2.65. The first-order chi connectivity index (χ1) is 10.1. The predicted molar refractivity (Wildman–Crippen MR) is 76.6 cm³/mol. The molecule has 0 unspecified atom stereocenters. The lowest BCUT2D eigenvalue weighted by Crippen LogP contribution is -2.40. The van der Waals surface area contributed by atoms with Crippen LogP contribution < -0.4 is 0 Å². The van der Waals surface area contributed by atoms with Gasteiger partial charge in [-0.3, -0.25) is 0 Å². The molecule has 1 rings (SSSR count). The van der Waals surface area contributed by atoms with Crippen molar-refractivity contribution in [3.63, 3.8) is 0 Å². The molecule has 0 aromatic carbocycles. The molecule has 1 aromatic heterocycles. The Balaban J connectivity index is 2.72. The van der Waals surface area contributed by atoms with E-state index in [1.807, 2.05) is 0 Å². The standard InChI is InChI=1S/C13H22N4O5/c1-9-14-10(11(19)20)15-17(9)6-5-16(7-8-18)12(21)22-13(2,3)4/h18H,5-8H2,1-4H3,(H,19,20). The topological polar surface area (TPSA) is 118 Å². The predicted octanol–water partition coefficient (Wildman–Crippen LogP) is 0.514. The van der Waals surface area contributed by atoms with Crippen LogP contribution in [0.2, 0.25) is 0 Å². The van der Waals surface area contributed by atoms with Gasteiger partial charge in [-0.15, -0.1) is 5.10 Å². The smallest absolute Gasteiger partial charge is 0.410 e. The summed E-state index contributed by atoms with van der Waals surface area (Å²) < 4.78 is 6.65. The molecule has 0 aliphatic rings. The normalized spacial score (nSPS) is 11.3. The lowest BCUT2D eigenvalue weighted by Gasteiger charge is -2.27. The number of nitrogens with zero attached hydrogens (tertiary/aromatic N) is 4. The van der Waals surface area contributed by atoms with Crippen molar-refractivity contribution in [2.75, 3.05) is 19.7 Å². The van der Waals surface area contributed by atoms with Crippen LogP contribution in [0, 0.1) is 6.92 Å². The zero-order valence-electron chi connectivity index (χ0n) is 13.2. The van der Waals surface area contributed by atoms with Crippen LogP contribution in [-0.2, 0) is 11.3 Å². The van der Waals surface area contributed by atoms with Crippen molar-refractivity contribution in [1.82, 2.24) is 19.7 Å². The Morgan fingerprint density at radius 3 is 2.41 bits per heavy atom. The molecule has 0 atom stereocenters. The van der Waals surface area contributed by atoms with E-state index in [0.717, 1.165) is 0 Å². The molecule has 0 aliphatic carbocycles. The molecule has 1 amide bonds. The lowest BCUT2D eigenvalue weighted by atomic mass is 10.2. The van der Waals surface area contributed by atoms with Crippen LogP contribution in [0.3, 0.4) is 0 Å². The number of aliphatic hydroxyl groups excluding tert-OH is 1. The van der Waals surface area contributed by atoms with E-state index in [9.17, 15) is 9.59 Å². The van der Waals surface area contributed by atoms with E-state index in [-0.39, 0.29) is 32.1 Å². The Morgan fingerprint density at radius 1 is 1.32 bits per heavy atom. The van der Waals surface area contributed by atoms with Crippen molar-refractivity contribution in [3.05, 3.63) is 11.6 Å². The first-order valence-electron chi connectivity index (χ1n) is 6.87. The number of ether oxygens (including phenoxy) is 1. The molecule has 9 heteroatoms. The molecule has 0 spiro atoms. The molecule has 0 aliphatic heterocycles. The largest absolute Gasteiger partial charge is 0.475 e. The summed E-state index contributed by atoms with van der Waals surface area (Å²) in [5.41, 5.74) is -0.634. The molecule has 0 saturated carbocycles. The molecule has 1 heterocycles. The van der Waals surface area contributed by atoms with Gasteiger partial charge < -0.3 is 19.8 Å². The fourth-order valence-electron chi connectivity index (χ4n) is 1.68. The van der Waals surface area contributed by atoms with Gasteiger partial charge in [-0.1, -0.05) is 0 Å². The van der Waals surface area contributed by atoms with E-state index in [4.69, 9.17) is 14.9 Å². The van der Waals surface area contributed by atoms with E-state index in [1.54, 1.807) is 27.7 Å². The minimum atomic E-state index is -1.21. The van der Waals surface area contributed by atoms with Crippen LogP contribution in [-0.4, -0.2) is 67.2 Å². The van der Waals surface area contributed by atoms with E-state index in [0.29, 0.717) is 5.82 Å². The Bertz CT molecular complexity index is 535. The van der Waals surface area contributed by atoms with Crippen molar-refractivity contribution in [1.29, 1.82) is 0 Å². The summed E-state index contributed by atoms with van der Waals surface area (Å²) in [4.78, 5) is 28.0. The highest BCUT2D eigenvalue weighted by Gasteiger charge is 2.22. The maximum absolute atomic E-state index is 12.0. The van der Waals surface area contributed by atoms with Crippen molar-refractivity contribution in [2.45, 2.75) is 39.8 Å². The summed E-state index contributed by atoms with van der Waals surface area (Å²) in [7, 11) is 0. The summed E-state index contributed by atoms with van der Waals surface area (Å²) in [6, 6.07) is 0. The van der Waals surface area contributed by atoms with E-state index in [2.05, 4.69) is 10.1 Å². The Hall–Kier alpha value is -2.16. The van der Waals surface area contributed by atoms with Gasteiger partial charge in [-0.05, 0) is 27.7 Å². The fourth-order valence-corrected chi connectivity index (χ4v) is 1.68. The second kappa shape index (κ2) is 7.21. The molecule has 1 aromatic rings. The molecular weight excluding hydrogens is 292 g/mol. The number of rotatable bonds is 6. The fraction of sp³-hybridized carbons (Fsp3) is 0.692. The van der Waals surface area contributed by atoms with Crippen LogP contribution in [0.1, 0.15) is 37.2 Å². The highest BCUT2D eigenvalue weighted by atomic mass is 16.6. The van der Waals surface area contributed by atoms with Gasteiger partial charge in [0.05, 0.1) is 13.2 Å². The number of hydrogen-bond donors (Lipinski definition) is 2. The molecule has 0 radical (unpaired) electrons. The zero-order chi connectivity index (χ0) is 16.9. The highest BCUT2D eigenvalue weighted by molar-refractivity contribution is 5.82. The number of aromatic carboxylic acids is 1. The Morgan fingerprint density at radius 2 is 1.95 bits per heavy atom. The van der Waals surface area contributed by atoms with Gasteiger partial charge in [0, 0.05) is 13.1 Å². The average molecular weight is 314 g/mol. The molecule has 2 N–H and O–H groups in total. The van der Waals surface area contributed by atoms with Crippen molar-refractivity contribution >= 4 is 12.1 Å². The Labute approximate surface area is 128 Å². The molecule has 0 bridgehead atoms. The third-order valence-corrected chi connectivity index (χ3v) is 2.65. The number of hydrogen-bond acceptors (Lipinski definition) is 6. The van der Waals surface area contributed by atoms with Crippen molar-refractivity contribution < 1.29 is 24.5 Å². The third kappa shape index (κ3) is 5.32. The molecule has 22 heavy (non-hydrogen) atoms. The van der Waals surface area contributed by atoms with Crippen molar-refractivity contribution in [2.24, 2.45) is 0 Å². The van der Waals surface area contributed by atoms with E-state index < -0.39 is 17.7 Å². The summed E-state index contributed by atoms with van der Waals surface area (Å²) in [5.74, 6) is -1.06. The minimum absolute atomic E-state index is 0.119. The molecule has 0 fully saturated rings. The number of carbonyl (C=O) groups excluding carboxylic acids is 1. The van der Waals surface area contributed by atoms with Gasteiger partial charge in [-0.2, -0.15) is 0 Å². The zero-order valence-corrected chi connectivity index (χ0v) is 13.2. The monoisotopic (exact) mass is 314 g/mol. The van der Waals surface area contributed by atoms with Crippen LogP contribution >= 0.6 is 0 Å². The van der Waals surface area contributed by atoms with Crippen LogP contribution in [0.25, 0.3) is 0 Å². The molecule has 9 nitrogen and oxygen atoms in total. The quantitative estimate of drug-likeness (QED) is 0.785. The second-order valence-corrected chi connectivity index (χ2v) is 5.70. The van der Waals surface area contributed by atoms with Gasteiger partial charge in [0.1, 0.15) is 11.4 Å². The number of carbonyl (C=O) groups is 2. The highest BCUT2D eigenvalue weighted by Crippen LogP contribution is 2.10. The summed E-state index contributed by atoms with van der Waals surface area (Å²) in [6.07, 6.45) is -0.544. The molecular formula is C13H22N4O5. The number of carboxylic acids is 1. The molecule has 124 valence electrons. The number of aliphatic hydroxyl groups is 1. The van der Waals surface area contributed by atoms with Gasteiger partial charge >= 0.3 is 12.1 Å². The lowest BCUT2D eigenvalue weighted by molar-refractivity contribution is 0.0210. The minimum Gasteiger partial charge on any atom is -0.475 e. The van der Waals surface area contributed by atoms with Gasteiger partial charge in [0.15, 0.2) is 0 Å². The molecule has 0 saturated heterocycles. The van der Waals surface area contributed by atoms with Crippen LogP contribution in [0.15, 0.2) is 0 Å². The number of aromatic nitrogens is 3. The number of aryl methyl sites for hydroxylation is 1. The van der Waals surface area contributed by atoms with E-state index in [1.165, 1.54) is 9.58 Å². The summed E-state index contributed by atoms with van der Waals surface area (Å²) in [5, 5.41) is 21.7. The van der Waals surface area contributed by atoms with Crippen molar-refractivity contribution in [3.8, 4) is 0 Å². The van der Waals surface area contributed by atoms with Crippen LogP contribution in [0.5, 0.6) is 0 Å². The Kier molecular flexibility index (Phi) is 5.86. The number of amides is 1. The summed E-state index contributed by atoms with van der Waals surface area (Å²) in [6.45, 7) is 7.28.